The Hall–Kier alpha value is -2.21. The third kappa shape index (κ3) is 3.26. The van der Waals surface area contributed by atoms with Gasteiger partial charge in [0.25, 0.3) is 11.8 Å². The number of urea groups is 1. The number of barbiturate groups is 1. The molecular weight excluding hydrogens is 330 g/mol. The van der Waals surface area contributed by atoms with Crippen molar-refractivity contribution in [3.05, 3.63) is 35.9 Å². The minimum Gasteiger partial charge on any atom is -0.333 e. The number of rotatable bonds is 4. The fraction of sp³-hybridized carbons (Fsp3) is 0.550. The maximum atomic E-state index is 13.2. The van der Waals surface area contributed by atoms with Gasteiger partial charge in [0.2, 0.25) is 0 Å². The second-order valence-electron chi connectivity index (χ2n) is 7.88. The average Bonchev–Trinajstić information content (AvgIpc) is 2.64. The summed E-state index contributed by atoms with van der Waals surface area (Å²) in [6.07, 6.45) is 2.62. The van der Waals surface area contributed by atoms with Crippen LogP contribution in [-0.4, -0.2) is 61.4 Å². The third-order valence-corrected chi connectivity index (χ3v) is 5.77. The minimum atomic E-state index is -1.22. The number of nitrogens with zero attached hydrogens (tertiary/aromatic N) is 2. The van der Waals surface area contributed by atoms with Crippen molar-refractivity contribution in [1.82, 2.24) is 9.80 Å². The number of quaternary nitrogens is 1. The van der Waals surface area contributed by atoms with E-state index in [1.807, 2.05) is 30.3 Å². The summed E-state index contributed by atoms with van der Waals surface area (Å²) in [5, 5.41) is 0. The molecular formula is C20H28N3O3+. The van der Waals surface area contributed by atoms with E-state index in [-0.39, 0.29) is 11.8 Å². The van der Waals surface area contributed by atoms with E-state index in [1.54, 1.807) is 0 Å². The van der Waals surface area contributed by atoms with E-state index >= 15 is 0 Å². The van der Waals surface area contributed by atoms with Crippen molar-refractivity contribution in [2.75, 3.05) is 33.7 Å². The molecule has 140 valence electrons. The maximum Gasteiger partial charge on any atom is 0.332 e. The smallest absolute Gasteiger partial charge is 0.332 e. The molecule has 2 aliphatic heterocycles. The standard InChI is InChI=1S/C20H27N3O3/c1-15-8-7-11-23(13-15)14-20(12-16-9-5-4-6-10-16)17(24)21(2)19(26)22(3)18(20)25/h4-6,9-10,15H,7-8,11-14H2,1-3H3/p+1/t15-/m1/s1. The van der Waals surface area contributed by atoms with Crippen LogP contribution in [0.3, 0.4) is 0 Å². The van der Waals surface area contributed by atoms with Crippen LogP contribution in [0.2, 0.25) is 0 Å². The lowest BCUT2D eigenvalue weighted by atomic mass is 9.76. The number of carbonyl (C=O) groups is 3. The van der Waals surface area contributed by atoms with Gasteiger partial charge in [-0.3, -0.25) is 19.4 Å². The fourth-order valence-electron chi connectivity index (χ4n) is 4.43. The predicted molar refractivity (Wildman–Crippen MR) is 97.5 cm³/mol. The van der Waals surface area contributed by atoms with E-state index in [0.717, 1.165) is 34.9 Å². The van der Waals surface area contributed by atoms with Crippen LogP contribution in [0, 0.1) is 11.3 Å². The quantitative estimate of drug-likeness (QED) is 0.801. The van der Waals surface area contributed by atoms with Crippen molar-refractivity contribution >= 4 is 17.8 Å². The van der Waals surface area contributed by atoms with Crippen molar-refractivity contribution in [3.8, 4) is 0 Å². The van der Waals surface area contributed by atoms with E-state index in [2.05, 4.69) is 6.92 Å². The van der Waals surface area contributed by atoms with Gasteiger partial charge in [0.1, 0.15) is 6.54 Å². The Morgan fingerprint density at radius 2 is 1.69 bits per heavy atom. The first-order valence-corrected chi connectivity index (χ1v) is 9.33. The van der Waals surface area contributed by atoms with Crippen LogP contribution in [0.25, 0.3) is 0 Å². The molecule has 2 atom stereocenters. The average molecular weight is 358 g/mol. The van der Waals surface area contributed by atoms with Crippen LogP contribution in [0.4, 0.5) is 4.79 Å². The van der Waals surface area contributed by atoms with E-state index in [0.29, 0.717) is 18.9 Å². The van der Waals surface area contributed by atoms with Crippen LogP contribution in [0.5, 0.6) is 0 Å². The normalized spacial score (nSPS) is 26.3. The molecule has 0 aliphatic carbocycles. The Labute approximate surface area is 154 Å². The van der Waals surface area contributed by atoms with Crippen LogP contribution in [-0.2, 0) is 16.0 Å². The summed E-state index contributed by atoms with van der Waals surface area (Å²) in [6, 6.07) is 9.07. The molecule has 4 amide bonds. The number of hydrogen-bond acceptors (Lipinski definition) is 3. The van der Waals surface area contributed by atoms with Gasteiger partial charge in [0.05, 0.1) is 13.1 Å². The molecule has 6 heteroatoms. The molecule has 2 aliphatic rings. The highest BCUT2D eigenvalue weighted by atomic mass is 16.2. The van der Waals surface area contributed by atoms with E-state index in [9.17, 15) is 14.4 Å². The molecule has 2 fully saturated rings. The molecule has 0 spiro atoms. The van der Waals surface area contributed by atoms with Gasteiger partial charge in [-0.2, -0.15) is 0 Å². The summed E-state index contributed by atoms with van der Waals surface area (Å²) in [4.78, 5) is 42.2. The first kappa shape index (κ1) is 18.6. The van der Waals surface area contributed by atoms with Gasteiger partial charge in [0.15, 0.2) is 5.41 Å². The van der Waals surface area contributed by atoms with Gasteiger partial charge in [-0.1, -0.05) is 37.3 Å². The van der Waals surface area contributed by atoms with Crippen LogP contribution in [0.15, 0.2) is 30.3 Å². The Morgan fingerprint density at radius 1 is 1.08 bits per heavy atom. The zero-order chi connectivity index (χ0) is 18.9. The lowest BCUT2D eigenvalue weighted by molar-refractivity contribution is -0.912. The highest BCUT2D eigenvalue weighted by molar-refractivity contribution is 6.19. The second-order valence-corrected chi connectivity index (χ2v) is 7.88. The number of piperidine rings is 1. The zero-order valence-corrected chi connectivity index (χ0v) is 15.8. The van der Waals surface area contributed by atoms with E-state index < -0.39 is 11.4 Å². The lowest BCUT2D eigenvalue weighted by Gasteiger charge is -2.43. The number of carbonyl (C=O) groups excluding carboxylic acids is 3. The van der Waals surface area contributed by atoms with Gasteiger partial charge < -0.3 is 4.90 Å². The monoisotopic (exact) mass is 358 g/mol. The molecule has 3 rings (SSSR count). The van der Waals surface area contributed by atoms with Crippen molar-refractivity contribution in [2.24, 2.45) is 11.3 Å². The summed E-state index contributed by atoms with van der Waals surface area (Å²) in [7, 11) is 2.95. The molecule has 1 aromatic carbocycles. The number of likely N-dealkylation sites (tertiary alicyclic amines) is 1. The number of imide groups is 2. The van der Waals surface area contributed by atoms with Crippen molar-refractivity contribution < 1.29 is 19.3 Å². The SMILES string of the molecule is C[C@@H]1CCC[NH+](CC2(Cc3ccccc3)C(=O)N(C)C(=O)N(C)C2=O)C1. The highest BCUT2D eigenvalue weighted by Gasteiger charge is 2.57. The van der Waals surface area contributed by atoms with Crippen molar-refractivity contribution in [2.45, 2.75) is 26.2 Å². The Morgan fingerprint density at radius 3 is 2.27 bits per heavy atom. The fourth-order valence-corrected chi connectivity index (χ4v) is 4.43. The van der Waals surface area contributed by atoms with Gasteiger partial charge in [-0.05, 0) is 18.4 Å². The van der Waals surface area contributed by atoms with E-state index in [1.165, 1.54) is 25.4 Å². The Bertz CT molecular complexity index is 680. The molecule has 0 radical (unpaired) electrons. The molecule has 0 aromatic heterocycles. The van der Waals surface area contributed by atoms with Gasteiger partial charge >= 0.3 is 6.03 Å². The summed E-state index contributed by atoms with van der Waals surface area (Å²) in [6.45, 7) is 4.57. The predicted octanol–water partition coefficient (Wildman–Crippen LogP) is 0.581. The van der Waals surface area contributed by atoms with Gasteiger partial charge in [0, 0.05) is 26.4 Å². The van der Waals surface area contributed by atoms with Crippen LogP contribution < -0.4 is 4.90 Å². The van der Waals surface area contributed by atoms with Crippen molar-refractivity contribution in [3.63, 3.8) is 0 Å². The molecule has 1 unspecified atom stereocenters. The van der Waals surface area contributed by atoms with Crippen molar-refractivity contribution in [1.29, 1.82) is 0 Å². The topological polar surface area (TPSA) is 62.1 Å². The number of benzene rings is 1. The summed E-state index contributed by atoms with van der Waals surface area (Å²) >= 11 is 0. The summed E-state index contributed by atoms with van der Waals surface area (Å²) in [5.41, 5.74) is -0.277. The largest absolute Gasteiger partial charge is 0.333 e. The molecule has 6 nitrogen and oxygen atoms in total. The summed E-state index contributed by atoms with van der Waals surface area (Å²) in [5.74, 6) is -0.168. The number of nitrogens with one attached hydrogen (secondary N) is 1. The maximum absolute atomic E-state index is 13.2. The first-order chi connectivity index (χ1) is 12.3. The summed E-state index contributed by atoms with van der Waals surface area (Å²) < 4.78 is 0. The van der Waals surface area contributed by atoms with Gasteiger partial charge in [-0.15, -0.1) is 0 Å². The molecule has 26 heavy (non-hydrogen) atoms. The number of hydrogen-bond donors (Lipinski definition) is 1. The molecule has 1 aromatic rings. The Kier molecular flexibility index (Phi) is 5.14. The minimum absolute atomic E-state index is 0.325. The number of amides is 4. The Balaban J connectivity index is 1.98. The first-order valence-electron chi connectivity index (χ1n) is 9.33. The zero-order valence-electron chi connectivity index (χ0n) is 15.8. The second kappa shape index (κ2) is 7.19. The molecule has 1 N–H and O–H groups in total. The molecule has 0 saturated carbocycles. The third-order valence-electron chi connectivity index (χ3n) is 5.77. The van der Waals surface area contributed by atoms with Crippen LogP contribution in [0.1, 0.15) is 25.3 Å². The van der Waals surface area contributed by atoms with E-state index in [4.69, 9.17) is 0 Å². The molecule has 2 saturated heterocycles. The van der Waals surface area contributed by atoms with Crippen LogP contribution >= 0.6 is 0 Å². The van der Waals surface area contributed by atoms with Gasteiger partial charge in [-0.25, -0.2) is 4.79 Å². The highest BCUT2D eigenvalue weighted by Crippen LogP contribution is 2.31. The molecule has 2 heterocycles. The molecule has 0 bridgehead atoms. The lowest BCUT2D eigenvalue weighted by Crippen LogP contribution is -3.15.